The van der Waals surface area contributed by atoms with Crippen LogP contribution in [0, 0.1) is 0 Å². The zero-order valence-corrected chi connectivity index (χ0v) is 32.8. The van der Waals surface area contributed by atoms with Crippen LogP contribution in [0.5, 0.6) is 0 Å². The molecule has 6 aliphatic heterocycles. The first-order valence-electron chi connectivity index (χ1n) is 19.8. The molecule has 28 heteroatoms. The molecule has 6 saturated heterocycles. The van der Waals surface area contributed by atoms with Gasteiger partial charge in [-0.1, -0.05) is 0 Å². The third-order valence-electron chi connectivity index (χ3n) is 11.6. The second kappa shape index (κ2) is 21.2. The highest BCUT2D eigenvalue weighted by Crippen LogP contribution is 2.35. The van der Waals surface area contributed by atoms with Gasteiger partial charge in [-0.25, -0.2) is 0 Å². The maximum atomic E-state index is 11.1. The Bertz CT molecular complexity index is 1380. The lowest BCUT2D eigenvalue weighted by molar-refractivity contribution is -0.387. The van der Waals surface area contributed by atoms with E-state index in [2.05, 4.69) is 0 Å². The molecule has 17 N–H and O–H groups in total. The van der Waals surface area contributed by atoms with E-state index < -0.39 is 205 Å². The summed E-state index contributed by atoms with van der Waals surface area (Å²) in [4.78, 5) is 0. The van der Waals surface area contributed by atoms with Gasteiger partial charge in [-0.15, -0.1) is 0 Å². The van der Waals surface area contributed by atoms with E-state index in [0.717, 1.165) is 0 Å². The van der Waals surface area contributed by atoms with Gasteiger partial charge in [-0.2, -0.15) is 0 Å². The zero-order chi connectivity index (χ0) is 45.5. The molecular weight excluding hydrogens is 856 g/mol. The molecule has 362 valence electrons. The number of hydrogen-bond acceptors (Lipinski definition) is 28. The monoisotopic (exact) mass is 914 g/mol. The van der Waals surface area contributed by atoms with Crippen molar-refractivity contribution in [1.29, 1.82) is 0 Å². The van der Waals surface area contributed by atoms with E-state index in [1.165, 1.54) is 6.92 Å². The number of ether oxygens (including phenoxy) is 11. The molecule has 6 aliphatic rings. The summed E-state index contributed by atoms with van der Waals surface area (Å²) >= 11 is 0. The van der Waals surface area contributed by atoms with Crippen LogP contribution in [-0.2, 0) is 52.1 Å². The first-order chi connectivity index (χ1) is 29.3. The maximum Gasteiger partial charge on any atom is 0.187 e. The van der Waals surface area contributed by atoms with Gasteiger partial charge in [0.05, 0.1) is 39.1 Å². The number of hydrogen-bond donors (Lipinski definition) is 17. The quantitative estimate of drug-likeness (QED) is 0.0815. The summed E-state index contributed by atoms with van der Waals surface area (Å²) in [5.74, 6) is 0. The average Bonchev–Trinajstić information content (AvgIpc) is 3.25. The van der Waals surface area contributed by atoms with Crippen LogP contribution < -0.4 is 0 Å². The minimum atomic E-state index is -2.06. The van der Waals surface area contributed by atoms with Crippen LogP contribution in [0.3, 0.4) is 0 Å². The van der Waals surface area contributed by atoms with E-state index in [-0.39, 0.29) is 0 Å². The van der Waals surface area contributed by atoms with Crippen molar-refractivity contribution in [2.24, 2.45) is 0 Å². The van der Waals surface area contributed by atoms with Crippen molar-refractivity contribution in [3.63, 3.8) is 0 Å². The molecule has 0 aliphatic carbocycles. The largest absolute Gasteiger partial charge is 0.394 e. The highest BCUT2D eigenvalue weighted by Gasteiger charge is 2.55. The van der Waals surface area contributed by atoms with Crippen molar-refractivity contribution in [3.05, 3.63) is 0 Å². The van der Waals surface area contributed by atoms with Crippen molar-refractivity contribution in [2.75, 3.05) is 33.0 Å². The van der Waals surface area contributed by atoms with Gasteiger partial charge < -0.3 is 139 Å². The molecule has 0 unspecified atom stereocenters. The van der Waals surface area contributed by atoms with Crippen LogP contribution in [0.15, 0.2) is 0 Å². The van der Waals surface area contributed by atoms with Gasteiger partial charge in [-0.3, -0.25) is 0 Å². The first kappa shape index (κ1) is 50.3. The molecule has 0 aromatic rings. The van der Waals surface area contributed by atoms with Crippen LogP contribution in [0.4, 0.5) is 0 Å². The van der Waals surface area contributed by atoms with Crippen molar-refractivity contribution in [2.45, 2.75) is 179 Å². The Kier molecular flexibility index (Phi) is 17.2. The summed E-state index contributed by atoms with van der Waals surface area (Å²) in [7, 11) is 0. The normalized spacial score (nSPS) is 54.3. The molecule has 0 bridgehead atoms. The Morgan fingerprint density at radius 3 is 1.23 bits per heavy atom. The van der Waals surface area contributed by atoms with Crippen LogP contribution in [0.2, 0.25) is 0 Å². The van der Waals surface area contributed by atoms with Gasteiger partial charge in [0.15, 0.2) is 37.7 Å². The Morgan fingerprint density at radius 2 is 0.726 bits per heavy atom. The zero-order valence-electron chi connectivity index (χ0n) is 32.8. The van der Waals surface area contributed by atoms with E-state index in [0.29, 0.717) is 0 Å². The lowest BCUT2D eigenvalue weighted by Gasteiger charge is -2.48. The minimum absolute atomic E-state index is 0.398. The predicted octanol–water partition coefficient (Wildman–Crippen LogP) is -11.8. The highest BCUT2D eigenvalue weighted by molar-refractivity contribution is 4.98. The molecule has 0 radical (unpaired) electrons. The maximum absolute atomic E-state index is 11.1. The van der Waals surface area contributed by atoms with Crippen LogP contribution >= 0.6 is 0 Å². The Morgan fingerprint density at radius 1 is 0.355 bits per heavy atom. The van der Waals surface area contributed by atoms with Crippen LogP contribution in [0.25, 0.3) is 0 Å². The summed E-state index contributed by atoms with van der Waals surface area (Å²) in [6.45, 7) is -2.24. The van der Waals surface area contributed by atoms with Gasteiger partial charge in [0.2, 0.25) is 0 Å². The Hall–Kier alpha value is -1.12. The van der Waals surface area contributed by atoms with E-state index in [9.17, 15) is 86.8 Å². The standard InChI is InChI=1S/C34H58O28/c1-7-26(17(42)23(48)31(54-7)58-11-5-52-29(51)20(45)14(11)39)60-30-21(46)15(40)12(6-53-30)59-32-24(49)18(43)27(9(3-36)56-32)62-34-25(50)19(44)28(10(4-37)57-34)61-33-22(47)16(41)13(38)8(2-35)55-33/h7-51H,2-6H2,1H3/t7-,8+,9-,10+,11+,12+,13-,14+,15-,16+,17-,18-,19+,20+,21-,22-,23+,24-,25-,26-,27-,28+,29+,30-,31+,32+,33-,34-/m0/s1. The lowest BCUT2D eigenvalue weighted by Crippen LogP contribution is -2.67. The first-order valence-corrected chi connectivity index (χ1v) is 19.8. The van der Waals surface area contributed by atoms with Crippen molar-refractivity contribution >= 4 is 0 Å². The molecule has 6 fully saturated rings. The Balaban J connectivity index is 1.02. The van der Waals surface area contributed by atoms with E-state index in [1.807, 2.05) is 0 Å². The van der Waals surface area contributed by atoms with Crippen molar-refractivity contribution in [3.8, 4) is 0 Å². The van der Waals surface area contributed by atoms with Gasteiger partial charge in [0.1, 0.15) is 128 Å². The average molecular weight is 915 g/mol. The molecule has 6 heterocycles. The topological polar surface area (TPSA) is 445 Å². The summed E-state index contributed by atoms with van der Waals surface area (Å²) in [6, 6.07) is 0. The molecule has 0 amide bonds. The van der Waals surface area contributed by atoms with E-state index in [1.54, 1.807) is 0 Å². The summed E-state index contributed by atoms with van der Waals surface area (Å²) in [5, 5.41) is 177. The van der Waals surface area contributed by atoms with Gasteiger partial charge in [-0.05, 0) is 6.92 Å². The van der Waals surface area contributed by atoms with E-state index in [4.69, 9.17) is 52.1 Å². The van der Waals surface area contributed by atoms with Crippen LogP contribution in [0.1, 0.15) is 6.92 Å². The molecule has 28 nitrogen and oxygen atoms in total. The molecular formula is C34H58O28. The predicted molar refractivity (Wildman–Crippen MR) is 186 cm³/mol. The smallest absolute Gasteiger partial charge is 0.187 e. The molecule has 0 saturated carbocycles. The molecule has 0 aromatic carbocycles. The third kappa shape index (κ3) is 10.2. The van der Waals surface area contributed by atoms with Crippen molar-refractivity contribution < 1.29 is 139 Å². The van der Waals surface area contributed by atoms with Crippen molar-refractivity contribution in [1.82, 2.24) is 0 Å². The fourth-order valence-corrected chi connectivity index (χ4v) is 7.87. The van der Waals surface area contributed by atoms with Gasteiger partial charge >= 0.3 is 0 Å². The van der Waals surface area contributed by atoms with Crippen LogP contribution in [-0.4, -0.2) is 292 Å². The van der Waals surface area contributed by atoms with Gasteiger partial charge in [0.25, 0.3) is 0 Å². The fourth-order valence-electron chi connectivity index (χ4n) is 7.87. The second-order valence-electron chi connectivity index (χ2n) is 15.8. The fraction of sp³-hybridized carbons (Fsp3) is 1.00. The Labute approximate surface area is 350 Å². The minimum Gasteiger partial charge on any atom is -0.394 e. The molecule has 0 spiro atoms. The molecule has 28 atom stereocenters. The third-order valence-corrected chi connectivity index (χ3v) is 11.6. The molecule has 62 heavy (non-hydrogen) atoms. The number of aliphatic hydroxyl groups is 17. The second-order valence-corrected chi connectivity index (χ2v) is 15.8. The molecule has 6 rings (SSSR count). The molecule has 0 aromatic heterocycles. The number of aliphatic hydroxyl groups excluding tert-OH is 17. The number of rotatable bonds is 13. The summed E-state index contributed by atoms with van der Waals surface area (Å²) in [5.41, 5.74) is 0. The SMILES string of the molecule is C[C@@H]1O[C@H](O[C@@H]2CO[C@@H](O)[C@H](O)[C@@H]2O)[C@H](O)[C@H](O)[C@H]1O[C@@H]1OC[C@@H](O[C@H]2O[C@@H](CO)[C@H](O[C@@H]3O[C@H](CO)[C@@H](O[C@@H]4O[C@H](CO)[C@H](O)[C@@H](O)[C@@H]4O)[C@H](O)[C@@H]3O)[C@@H](O)[C@@H]2O)[C@H](O)[C@@H]1O. The summed E-state index contributed by atoms with van der Waals surface area (Å²) < 4.78 is 60.5. The lowest BCUT2D eigenvalue weighted by atomic mass is 9.96. The highest BCUT2D eigenvalue weighted by atomic mass is 16.8. The van der Waals surface area contributed by atoms with E-state index >= 15 is 0 Å². The summed E-state index contributed by atoms with van der Waals surface area (Å²) in [6.07, 6.45) is -48.2. The van der Waals surface area contributed by atoms with Gasteiger partial charge in [0, 0.05) is 0 Å².